The summed E-state index contributed by atoms with van der Waals surface area (Å²) in [6.07, 6.45) is 6.35. The quantitative estimate of drug-likeness (QED) is 0.934. The van der Waals surface area contributed by atoms with Gasteiger partial charge in [-0.2, -0.15) is 0 Å². The molecule has 1 aliphatic heterocycles. The van der Waals surface area contributed by atoms with Crippen molar-refractivity contribution < 1.29 is 4.39 Å². The molecule has 2 aromatic rings. The molecule has 0 spiro atoms. The number of aromatic nitrogens is 1. The highest BCUT2D eigenvalue weighted by atomic mass is 19.1. The van der Waals surface area contributed by atoms with Crippen molar-refractivity contribution >= 4 is 5.82 Å². The Morgan fingerprint density at radius 1 is 1.18 bits per heavy atom. The van der Waals surface area contributed by atoms with E-state index in [1.54, 1.807) is 18.3 Å². The molecule has 22 heavy (non-hydrogen) atoms. The molecule has 2 heterocycles. The number of hydrogen-bond acceptors (Lipinski definition) is 3. The number of nitrogens with zero attached hydrogens (tertiary/aromatic N) is 2. The number of nitrogen functional groups attached to an aromatic ring is 1. The van der Waals surface area contributed by atoms with Crippen molar-refractivity contribution in [2.75, 3.05) is 12.3 Å². The Labute approximate surface area is 131 Å². The molecule has 1 aromatic heterocycles. The van der Waals surface area contributed by atoms with Gasteiger partial charge in [0.1, 0.15) is 11.6 Å². The van der Waals surface area contributed by atoms with Crippen LogP contribution in [0.15, 0.2) is 42.6 Å². The summed E-state index contributed by atoms with van der Waals surface area (Å²) in [6.45, 7) is 1.77. The first-order valence-electron chi connectivity index (χ1n) is 7.93. The monoisotopic (exact) mass is 299 g/mol. The van der Waals surface area contributed by atoms with Crippen molar-refractivity contribution in [2.45, 2.75) is 38.3 Å². The van der Waals surface area contributed by atoms with E-state index in [1.165, 1.54) is 25.3 Å². The number of hydrogen-bond donors (Lipinski definition) is 1. The average Bonchev–Trinajstić information content (AvgIpc) is 2.75. The van der Waals surface area contributed by atoms with E-state index in [9.17, 15) is 4.39 Å². The van der Waals surface area contributed by atoms with Gasteiger partial charge in [0.15, 0.2) is 0 Å². The number of benzene rings is 1. The molecule has 4 heteroatoms. The Bertz CT molecular complexity index is 629. The molecule has 2 N–H and O–H groups in total. The lowest BCUT2D eigenvalue weighted by Gasteiger charge is -2.30. The average molecular weight is 299 g/mol. The summed E-state index contributed by atoms with van der Waals surface area (Å²) >= 11 is 0. The van der Waals surface area contributed by atoms with Gasteiger partial charge in [-0.3, -0.25) is 4.90 Å². The first kappa shape index (κ1) is 15.0. The number of rotatable bonds is 3. The van der Waals surface area contributed by atoms with Gasteiger partial charge in [0.2, 0.25) is 0 Å². The third kappa shape index (κ3) is 3.45. The van der Waals surface area contributed by atoms with Crippen molar-refractivity contribution in [2.24, 2.45) is 0 Å². The zero-order valence-electron chi connectivity index (χ0n) is 12.7. The lowest BCUT2D eigenvalue weighted by Crippen LogP contribution is -2.28. The highest BCUT2D eigenvalue weighted by Gasteiger charge is 2.23. The largest absolute Gasteiger partial charge is 0.383 e. The molecule has 0 bridgehead atoms. The summed E-state index contributed by atoms with van der Waals surface area (Å²) in [5, 5.41) is 0. The Kier molecular flexibility index (Phi) is 4.68. The number of halogens is 1. The lowest BCUT2D eigenvalue weighted by molar-refractivity contribution is 0.192. The molecule has 0 unspecified atom stereocenters. The van der Waals surface area contributed by atoms with Gasteiger partial charge >= 0.3 is 0 Å². The van der Waals surface area contributed by atoms with Gasteiger partial charge in [-0.05, 0) is 43.1 Å². The van der Waals surface area contributed by atoms with E-state index >= 15 is 0 Å². The molecule has 0 amide bonds. The van der Waals surface area contributed by atoms with Crippen LogP contribution in [0.3, 0.4) is 0 Å². The second-order valence-corrected chi connectivity index (χ2v) is 5.94. The first-order valence-corrected chi connectivity index (χ1v) is 7.93. The zero-order valence-corrected chi connectivity index (χ0v) is 12.7. The molecule has 0 aliphatic carbocycles. The Hall–Kier alpha value is -1.94. The fraction of sp³-hybridized carbons (Fsp3) is 0.389. The first-order chi connectivity index (χ1) is 10.7. The van der Waals surface area contributed by atoms with Crippen LogP contribution >= 0.6 is 0 Å². The SMILES string of the molecule is Nc1ncccc1CN1CCCCC[C@@H]1c1cccc(F)c1. The van der Waals surface area contributed by atoms with Crippen LogP contribution in [-0.4, -0.2) is 16.4 Å². The molecule has 1 fully saturated rings. The van der Waals surface area contributed by atoms with Crippen LogP contribution in [0.25, 0.3) is 0 Å². The third-order valence-corrected chi connectivity index (χ3v) is 4.40. The fourth-order valence-corrected chi connectivity index (χ4v) is 3.25. The Morgan fingerprint density at radius 2 is 2.09 bits per heavy atom. The number of anilines is 1. The van der Waals surface area contributed by atoms with Crippen LogP contribution in [0, 0.1) is 5.82 Å². The third-order valence-electron chi connectivity index (χ3n) is 4.40. The van der Waals surface area contributed by atoms with Crippen molar-refractivity contribution in [1.82, 2.24) is 9.88 Å². The summed E-state index contributed by atoms with van der Waals surface area (Å²) < 4.78 is 13.6. The van der Waals surface area contributed by atoms with Crippen molar-refractivity contribution in [3.05, 3.63) is 59.5 Å². The van der Waals surface area contributed by atoms with Gasteiger partial charge in [-0.25, -0.2) is 9.37 Å². The summed E-state index contributed by atoms with van der Waals surface area (Å²) in [6, 6.07) is 11.2. The van der Waals surface area contributed by atoms with E-state index in [4.69, 9.17) is 5.73 Å². The van der Waals surface area contributed by atoms with Crippen molar-refractivity contribution in [1.29, 1.82) is 0 Å². The molecule has 116 valence electrons. The van der Waals surface area contributed by atoms with Crippen LogP contribution in [0.4, 0.5) is 10.2 Å². The van der Waals surface area contributed by atoms with Gasteiger partial charge in [0, 0.05) is 24.3 Å². The molecular weight excluding hydrogens is 277 g/mol. The summed E-state index contributed by atoms with van der Waals surface area (Å²) in [5.41, 5.74) is 8.09. The normalized spacial score (nSPS) is 19.8. The molecular formula is C18H22FN3. The number of pyridine rings is 1. The fourth-order valence-electron chi connectivity index (χ4n) is 3.25. The Morgan fingerprint density at radius 3 is 2.91 bits per heavy atom. The van der Waals surface area contributed by atoms with Gasteiger partial charge in [0.05, 0.1) is 0 Å². The molecule has 1 aromatic carbocycles. The van der Waals surface area contributed by atoms with Gasteiger partial charge in [0.25, 0.3) is 0 Å². The molecule has 1 atom stereocenters. The van der Waals surface area contributed by atoms with E-state index in [0.717, 1.165) is 30.6 Å². The smallest absolute Gasteiger partial charge is 0.127 e. The summed E-state index contributed by atoms with van der Waals surface area (Å²) in [4.78, 5) is 6.58. The summed E-state index contributed by atoms with van der Waals surface area (Å²) in [7, 11) is 0. The second kappa shape index (κ2) is 6.88. The number of nitrogens with two attached hydrogens (primary N) is 1. The van der Waals surface area contributed by atoms with E-state index in [0.29, 0.717) is 5.82 Å². The van der Waals surface area contributed by atoms with E-state index in [-0.39, 0.29) is 11.9 Å². The van der Waals surface area contributed by atoms with E-state index < -0.39 is 0 Å². The second-order valence-electron chi connectivity index (χ2n) is 5.94. The van der Waals surface area contributed by atoms with Crippen LogP contribution in [0.5, 0.6) is 0 Å². The predicted octanol–water partition coefficient (Wildman–Crippen LogP) is 3.92. The number of likely N-dealkylation sites (tertiary alicyclic amines) is 1. The van der Waals surface area contributed by atoms with Crippen molar-refractivity contribution in [3.8, 4) is 0 Å². The molecule has 3 nitrogen and oxygen atoms in total. The summed E-state index contributed by atoms with van der Waals surface area (Å²) in [5.74, 6) is 0.423. The maximum absolute atomic E-state index is 13.6. The highest BCUT2D eigenvalue weighted by Crippen LogP contribution is 2.32. The topological polar surface area (TPSA) is 42.1 Å². The molecule has 0 radical (unpaired) electrons. The molecule has 0 saturated carbocycles. The zero-order chi connectivity index (χ0) is 15.4. The lowest BCUT2D eigenvalue weighted by atomic mass is 10.00. The standard InChI is InChI=1S/C18H22FN3/c19-16-8-4-6-14(12-16)17-9-2-1-3-11-22(17)13-15-7-5-10-21-18(15)20/h4-8,10,12,17H,1-3,9,11,13H2,(H2,20,21)/t17-/m1/s1. The molecule has 3 rings (SSSR count). The van der Waals surface area contributed by atoms with E-state index in [2.05, 4.69) is 9.88 Å². The van der Waals surface area contributed by atoms with Gasteiger partial charge in [-0.15, -0.1) is 0 Å². The van der Waals surface area contributed by atoms with Gasteiger partial charge in [-0.1, -0.05) is 31.0 Å². The minimum absolute atomic E-state index is 0.164. The van der Waals surface area contributed by atoms with E-state index in [1.807, 2.05) is 18.2 Å². The van der Waals surface area contributed by atoms with Crippen LogP contribution in [0.2, 0.25) is 0 Å². The van der Waals surface area contributed by atoms with Crippen LogP contribution in [0.1, 0.15) is 42.9 Å². The maximum Gasteiger partial charge on any atom is 0.127 e. The maximum atomic E-state index is 13.6. The minimum Gasteiger partial charge on any atom is -0.383 e. The van der Waals surface area contributed by atoms with Gasteiger partial charge < -0.3 is 5.73 Å². The Balaban J connectivity index is 1.86. The van der Waals surface area contributed by atoms with Crippen molar-refractivity contribution in [3.63, 3.8) is 0 Å². The van der Waals surface area contributed by atoms with Crippen LogP contribution in [-0.2, 0) is 6.54 Å². The predicted molar refractivity (Wildman–Crippen MR) is 86.7 cm³/mol. The molecule has 1 saturated heterocycles. The molecule has 1 aliphatic rings. The van der Waals surface area contributed by atoms with Crippen LogP contribution < -0.4 is 5.73 Å². The minimum atomic E-state index is -0.164. The highest BCUT2D eigenvalue weighted by molar-refractivity contribution is 5.38.